The molecule has 0 aliphatic carbocycles. The lowest BCUT2D eigenvalue weighted by molar-refractivity contribution is -0.254. The molecule has 138 valence electrons. The predicted octanol–water partition coefficient (Wildman–Crippen LogP) is 2.27. The first kappa shape index (κ1) is 19.8. The van der Waals surface area contributed by atoms with Crippen molar-refractivity contribution in [3.63, 3.8) is 0 Å². The van der Waals surface area contributed by atoms with E-state index in [0.717, 1.165) is 0 Å². The number of benzene rings is 2. The number of carbonyl (C=O) groups is 2. The first-order valence-corrected chi connectivity index (χ1v) is 7.94. The fourth-order valence-electron chi connectivity index (χ4n) is 2.30. The van der Waals surface area contributed by atoms with Crippen molar-refractivity contribution in [2.75, 3.05) is 19.5 Å². The summed E-state index contributed by atoms with van der Waals surface area (Å²) in [7, 11) is 2.86. The molecular weight excluding hydrogens is 372 g/mol. The van der Waals surface area contributed by atoms with Gasteiger partial charge < -0.3 is 24.7 Å². The molecule has 0 aromatic heterocycles. The Bertz CT molecular complexity index is 963. The van der Waals surface area contributed by atoms with Crippen LogP contribution in [0.2, 0.25) is 5.02 Å². The van der Waals surface area contributed by atoms with Crippen LogP contribution in [-0.2, 0) is 4.79 Å². The highest BCUT2D eigenvalue weighted by atomic mass is 35.5. The molecule has 2 rings (SSSR count). The number of carbonyl (C=O) groups excluding carboxylic acids is 2. The zero-order chi connectivity index (χ0) is 20.0. The number of hydrogen-bond donors (Lipinski definition) is 1. The van der Waals surface area contributed by atoms with Crippen LogP contribution >= 0.6 is 11.6 Å². The number of nitrogens with one attached hydrogen (secondary N) is 1. The summed E-state index contributed by atoms with van der Waals surface area (Å²) >= 11 is 6.12. The molecule has 0 saturated carbocycles. The molecule has 2 aromatic rings. The summed E-state index contributed by atoms with van der Waals surface area (Å²) in [5.41, 5.74) is -0.00438. The summed E-state index contributed by atoms with van der Waals surface area (Å²) in [6.45, 7) is 0. The smallest absolute Gasteiger partial charge is 0.266 e. The summed E-state index contributed by atoms with van der Waals surface area (Å²) in [5.74, 6) is -1.57. The Balaban J connectivity index is 2.37. The van der Waals surface area contributed by atoms with Gasteiger partial charge in [-0.15, -0.1) is 0 Å². The zero-order valence-corrected chi connectivity index (χ0v) is 15.2. The highest BCUT2D eigenvalue weighted by molar-refractivity contribution is 6.32. The van der Waals surface area contributed by atoms with Crippen molar-refractivity contribution < 1.29 is 24.2 Å². The van der Waals surface area contributed by atoms with E-state index in [2.05, 4.69) is 5.32 Å². The molecule has 0 atom stereocenters. The summed E-state index contributed by atoms with van der Waals surface area (Å²) in [6.07, 6.45) is 1.30. The molecule has 0 saturated heterocycles. The molecule has 27 heavy (non-hydrogen) atoms. The maximum atomic E-state index is 12.4. The third-order valence-electron chi connectivity index (χ3n) is 3.53. The second kappa shape index (κ2) is 8.74. The quantitative estimate of drug-likeness (QED) is 0.603. The van der Waals surface area contributed by atoms with Crippen LogP contribution in [0.3, 0.4) is 0 Å². The Kier molecular flexibility index (Phi) is 6.41. The Morgan fingerprint density at radius 1 is 1.22 bits per heavy atom. The average Bonchev–Trinajstić information content (AvgIpc) is 2.65. The van der Waals surface area contributed by atoms with Crippen molar-refractivity contribution in [1.29, 1.82) is 5.26 Å². The van der Waals surface area contributed by atoms with Crippen LogP contribution in [0.25, 0.3) is 6.08 Å². The zero-order valence-electron chi connectivity index (χ0n) is 14.4. The molecule has 0 radical (unpaired) electrons. The molecule has 7 nitrogen and oxygen atoms in total. The highest BCUT2D eigenvalue weighted by Gasteiger charge is 2.14. The molecule has 0 aliphatic heterocycles. The van der Waals surface area contributed by atoms with Crippen molar-refractivity contribution in [3.05, 3.63) is 58.1 Å². The van der Waals surface area contributed by atoms with Gasteiger partial charge in [-0.05, 0) is 29.8 Å². The van der Waals surface area contributed by atoms with Crippen LogP contribution in [0.4, 0.5) is 5.69 Å². The van der Waals surface area contributed by atoms with E-state index in [-0.39, 0.29) is 21.8 Å². The number of carboxylic acid groups (broad SMARTS) is 1. The number of methoxy groups -OCH3 is 2. The van der Waals surface area contributed by atoms with Crippen LogP contribution in [0.1, 0.15) is 15.9 Å². The predicted molar refractivity (Wildman–Crippen MR) is 97.5 cm³/mol. The number of anilines is 1. The van der Waals surface area contributed by atoms with E-state index < -0.39 is 11.9 Å². The monoisotopic (exact) mass is 385 g/mol. The minimum atomic E-state index is -1.44. The normalized spacial score (nSPS) is 10.7. The average molecular weight is 386 g/mol. The Morgan fingerprint density at radius 2 is 1.93 bits per heavy atom. The van der Waals surface area contributed by atoms with Gasteiger partial charge in [0.25, 0.3) is 5.91 Å². The van der Waals surface area contributed by atoms with Gasteiger partial charge in [-0.3, -0.25) is 4.79 Å². The fourth-order valence-corrected chi connectivity index (χ4v) is 2.59. The van der Waals surface area contributed by atoms with E-state index in [1.54, 1.807) is 18.2 Å². The fraction of sp³-hybridized carbons (Fsp3) is 0.105. The third-order valence-corrected chi connectivity index (χ3v) is 3.81. The van der Waals surface area contributed by atoms with Gasteiger partial charge in [-0.25, -0.2) is 0 Å². The van der Waals surface area contributed by atoms with Gasteiger partial charge in [-0.1, -0.05) is 29.8 Å². The molecule has 1 amide bonds. The van der Waals surface area contributed by atoms with Gasteiger partial charge in [0.2, 0.25) is 0 Å². The second-order valence-electron chi connectivity index (χ2n) is 5.20. The van der Waals surface area contributed by atoms with Crippen molar-refractivity contribution in [3.8, 4) is 17.6 Å². The number of para-hydroxylation sites is 1. The van der Waals surface area contributed by atoms with E-state index in [1.165, 1.54) is 44.6 Å². The summed E-state index contributed by atoms with van der Waals surface area (Å²) in [5, 5.41) is 23.1. The van der Waals surface area contributed by atoms with Crippen molar-refractivity contribution in [1.82, 2.24) is 0 Å². The van der Waals surface area contributed by atoms with Gasteiger partial charge in [0.15, 0.2) is 11.5 Å². The van der Waals surface area contributed by atoms with Crippen LogP contribution in [0.5, 0.6) is 11.5 Å². The number of halogens is 1. The van der Waals surface area contributed by atoms with Crippen molar-refractivity contribution in [2.24, 2.45) is 0 Å². The van der Waals surface area contributed by atoms with E-state index in [9.17, 15) is 20.0 Å². The molecule has 0 bridgehead atoms. The summed E-state index contributed by atoms with van der Waals surface area (Å²) in [4.78, 5) is 23.5. The van der Waals surface area contributed by atoms with Crippen LogP contribution < -0.4 is 19.9 Å². The number of hydrogen-bond acceptors (Lipinski definition) is 6. The lowest BCUT2D eigenvalue weighted by atomic mass is 10.1. The van der Waals surface area contributed by atoms with E-state index in [4.69, 9.17) is 21.1 Å². The molecule has 8 heteroatoms. The SMILES string of the molecule is COc1cc(/C=C(/C#N)C(=O)Nc2ccccc2C(=O)[O-])cc(Cl)c1OC. The van der Waals surface area contributed by atoms with Gasteiger partial charge in [0.1, 0.15) is 11.6 Å². The van der Waals surface area contributed by atoms with Gasteiger partial charge >= 0.3 is 0 Å². The number of nitriles is 1. The van der Waals surface area contributed by atoms with E-state index in [0.29, 0.717) is 17.1 Å². The molecule has 2 aromatic carbocycles. The molecule has 0 fully saturated rings. The van der Waals surface area contributed by atoms with E-state index in [1.807, 2.05) is 0 Å². The first-order chi connectivity index (χ1) is 12.9. The number of ether oxygens (including phenoxy) is 2. The largest absolute Gasteiger partial charge is 0.545 e. The number of rotatable bonds is 6. The second-order valence-corrected chi connectivity index (χ2v) is 5.60. The van der Waals surface area contributed by atoms with Gasteiger partial charge in [0, 0.05) is 5.56 Å². The standard InChI is InChI=1S/C19H15ClN2O5/c1-26-16-9-11(8-14(20)17(16)27-2)7-12(10-21)18(23)22-15-6-4-3-5-13(15)19(24)25/h3-9H,1-2H3,(H,22,23)(H,24,25)/p-1/b12-7-. The molecular formula is C19H14ClN2O5-. The van der Waals surface area contributed by atoms with Crippen molar-refractivity contribution >= 4 is 35.2 Å². The topological polar surface area (TPSA) is 111 Å². The molecule has 0 spiro atoms. The first-order valence-electron chi connectivity index (χ1n) is 7.56. The Labute approximate surface area is 160 Å². The summed E-state index contributed by atoms with van der Waals surface area (Å²) < 4.78 is 10.3. The van der Waals surface area contributed by atoms with Gasteiger partial charge in [0.05, 0.1) is 30.9 Å². The van der Waals surface area contributed by atoms with Crippen LogP contribution in [0.15, 0.2) is 42.0 Å². The molecule has 0 heterocycles. The maximum absolute atomic E-state index is 12.4. The summed E-state index contributed by atoms with van der Waals surface area (Å²) in [6, 6.07) is 10.5. The Hall–Kier alpha value is -3.50. The van der Waals surface area contributed by atoms with Gasteiger partial charge in [-0.2, -0.15) is 5.26 Å². The number of amides is 1. The number of carboxylic acids is 1. The molecule has 0 unspecified atom stereocenters. The lowest BCUT2D eigenvalue weighted by Crippen LogP contribution is -2.25. The molecule has 0 aliphatic rings. The highest BCUT2D eigenvalue weighted by Crippen LogP contribution is 2.36. The Morgan fingerprint density at radius 3 is 2.52 bits per heavy atom. The lowest BCUT2D eigenvalue weighted by Gasteiger charge is -2.12. The van der Waals surface area contributed by atoms with Crippen LogP contribution in [-0.4, -0.2) is 26.1 Å². The maximum Gasteiger partial charge on any atom is 0.266 e. The van der Waals surface area contributed by atoms with Crippen molar-refractivity contribution in [2.45, 2.75) is 0 Å². The number of aromatic carboxylic acids is 1. The molecule has 1 N–H and O–H groups in total. The minimum Gasteiger partial charge on any atom is -0.545 e. The van der Waals surface area contributed by atoms with Crippen LogP contribution in [0, 0.1) is 11.3 Å². The minimum absolute atomic E-state index is 0.0222. The van der Waals surface area contributed by atoms with E-state index >= 15 is 0 Å². The third kappa shape index (κ3) is 4.57. The number of nitrogens with zero attached hydrogens (tertiary/aromatic N) is 1.